The van der Waals surface area contributed by atoms with E-state index in [1.165, 1.54) is 37.4 Å². The Morgan fingerprint density at radius 3 is 2.28 bits per heavy atom. The molecule has 0 saturated carbocycles. The lowest BCUT2D eigenvalue weighted by Gasteiger charge is -2.12. The van der Waals surface area contributed by atoms with E-state index in [9.17, 15) is 9.59 Å². The third-order valence-electron chi connectivity index (χ3n) is 4.42. The van der Waals surface area contributed by atoms with E-state index in [1.807, 2.05) is 6.26 Å². The molecule has 6 nitrogen and oxygen atoms in total. The molecule has 0 aliphatic carbocycles. The fraction of sp³-hybridized carbons (Fsp3) is 0.636. The van der Waals surface area contributed by atoms with Crippen LogP contribution in [0.25, 0.3) is 0 Å². The van der Waals surface area contributed by atoms with E-state index in [-0.39, 0.29) is 5.91 Å². The minimum absolute atomic E-state index is 0.100. The number of hydrogen-bond donors (Lipinski definition) is 2. The van der Waals surface area contributed by atoms with Crippen molar-refractivity contribution in [3.05, 3.63) is 23.8 Å². The summed E-state index contributed by atoms with van der Waals surface area (Å²) in [5, 5.41) is 2.86. The molecule has 0 fully saturated rings. The molecule has 2 amide bonds. The van der Waals surface area contributed by atoms with E-state index < -0.39 is 5.91 Å². The molecule has 0 aliphatic rings. The van der Waals surface area contributed by atoms with Gasteiger partial charge in [-0.2, -0.15) is 0 Å². The second kappa shape index (κ2) is 16.3. The van der Waals surface area contributed by atoms with Crippen LogP contribution < -0.4 is 11.1 Å². The number of nitrogens with one attached hydrogen (secondary N) is 1. The quantitative estimate of drug-likeness (QED) is 0.281. The second-order valence-corrected chi connectivity index (χ2v) is 7.71. The van der Waals surface area contributed by atoms with Crippen molar-refractivity contribution in [2.24, 2.45) is 5.73 Å². The van der Waals surface area contributed by atoms with Gasteiger partial charge in [-0.3, -0.25) is 9.59 Å². The molecule has 0 unspecified atom stereocenters. The van der Waals surface area contributed by atoms with Gasteiger partial charge in [0.25, 0.3) is 0 Å². The smallest absolute Gasteiger partial charge is 0.249 e. The van der Waals surface area contributed by atoms with Gasteiger partial charge in [-0.1, -0.05) is 38.7 Å². The summed E-state index contributed by atoms with van der Waals surface area (Å²) in [4.78, 5) is 24.3. The van der Waals surface area contributed by atoms with Crippen molar-refractivity contribution >= 4 is 29.3 Å². The van der Waals surface area contributed by atoms with Crippen molar-refractivity contribution in [3.8, 4) is 0 Å². The number of carbonyl (C=O) groups excluding carboxylic acids is 2. The van der Waals surface area contributed by atoms with Crippen LogP contribution in [-0.4, -0.2) is 44.5 Å². The summed E-state index contributed by atoms with van der Waals surface area (Å²) in [5.74, 6) is -0.601. The third kappa shape index (κ3) is 11.3. The number of ether oxygens (including phenoxy) is 2. The summed E-state index contributed by atoms with van der Waals surface area (Å²) in [6.07, 6.45) is 9.99. The molecule has 1 aromatic rings. The number of anilines is 1. The number of unbranched alkanes of at least 4 members (excludes halogenated alkanes) is 4. The summed E-state index contributed by atoms with van der Waals surface area (Å²) >= 11 is 1.39. The lowest BCUT2D eigenvalue weighted by atomic mass is 10.2. The molecule has 0 aliphatic heterocycles. The Morgan fingerprint density at radius 2 is 1.62 bits per heavy atom. The highest BCUT2D eigenvalue weighted by atomic mass is 32.2. The number of benzene rings is 1. The average Bonchev–Trinajstić information content (AvgIpc) is 2.71. The van der Waals surface area contributed by atoms with Crippen LogP contribution in [0.2, 0.25) is 0 Å². The largest absolute Gasteiger partial charge is 0.381 e. The van der Waals surface area contributed by atoms with Crippen molar-refractivity contribution in [2.75, 3.05) is 38.0 Å². The Labute approximate surface area is 179 Å². The highest BCUT2D eigenvalue weighted by Gasteiger charge is 2.13. The van der Waals surface area contributed by atoms with Gasteiger partial charge >= 0.3 is 0 Å². The molecule has 0 saturated heterocycles. The lowest BCUT2D eigenvalue weighted by Crippen LogP contribution is -2.16. The van der Waals surface area contributed by atoms with Gasteiger partial charge in [0.2, 0.25) is 11.8 Å². The van der Waals surface area contributed by atoms with E-state index in [1.54, 1.807) is 18.2 Å². The Balaban J connectivity index is 2.09. The average molecular weight is 425 g/mol. The molecule has 0 bridgehead atoms. The maximum Gasteiger partial charge on any atom is 0.249 e. The van der Waals surface area contributed by atoms with Crippen molar-refractivity contribution < 1.29 is 19.1 Å². The Kier molecular flexibility index (Phi) is 14.3. The molecule has 0 heterocycles. The van der Waals surface area contributed by atoms with Gasteiger partial charge < -0.3 is 20.5 Å². The van der Waals surface area contributed by atoms with Crippen molar-refractivity contribution in [2.45, 2.75) is 63.2 Å². The molecule has 0 spiro atoms. The minimum atomic E-state index is -0.501. The molecule has 7 heteroatoms. The monoisotopic (exact) mass is 424 g/mol. The number of amides is 2. The molecule has 0 atom stereocenters. The van der Waals surface area contributed by atoms with Crippen molar-refractivity contribution in [3.63, 3.8) is 0 Å². The van der Waals surface area contributed by atoms with Crippen LogP contribution in [-0.2, 0) is 14.3 Å². The van der Waals surface area contributed by atoms with Gasteiger partial charge in [0, 0.05) is 37.7 Å². The summed E-state index contributed by atoms with van der Waals surface area (Å²) in [5.41, 5.74) is 6.42. The zero-order valence-electron chi connectivity index (χ0n) is 17.8. The van der Waals surface area contributed by atoms with Gasteiger partial charge in [0.1, 0.15) is 0 Å². The first-order valence-electron chi connectivity index (χ1n) is 10.5. The molecule has 0 aromatic heterocycles. The van der Waals surface area contributed by atoms with Crippen LogP contribution in [0.5, 0.6) is 0 Å². The summed E-state index contributed by atoms with van der Waals surface area (Å²) in [6.45, 7) is 4.96. The van der Waals surface area contributed by atoms with Crippen LogP contribution in [0.4, 0.5) is 5.69 Å². The van der Waals surface area contributed by atoms with E-state index in [2.05, 4.69) is 12.2 Å². The Morgan fingerprint density at radius 1 is 0.966 bits per heavy atom. The highest BCUT2D eigenvalue weighted by molar-refractivity contribution is 7.98. The van der Waals surface area contributed by atoms with Gasteiger partial charge in [-0.15, -0.1) is 11.8 Å². The SMILES string of the molecule is CCCCCCCOCCCOCCCC(=O)Nc1cccc(C(N)=O)c1SC. The van der Waals surface area contributed by atoms with Crippen molar-refractivity contribution in [1.82, 2.24) is 0 Å². The third-order valence-corrected chi connectivity index (χ3v) is 5.27. The van der Waals surface area contributed by atoms with Gasteiger partial charge in [0.05, 0.1) is 11.3 Å². The van der Waals surface area contributed by atoms with Gasteiger partial charge in [-0.05, 0) is 37.7 Å². The Hall–Kier alpha value is -1.57. The number of primary amides is 1. The number of nitrogens with two attached hydrogens (primary N) is 1. The molecule has 0 radical (unpaired) electrons. The Bertz CT molecular complexity index is 610. The second-order valence-electron chi connectivity index (χ2n) is 6.89. The van der Waals surface area contributed by atoms with Gasteiger partial charge in [0.15, 0.2) is 0 Å². The van der Waals surface area contributed by atoms with Crippen molar-refractivity contribution in [1.29, 1.82) is 0 Å². The number of rotatable bonds is 17. The van der Waals surface area contributed by atoms with Crippen LogP contribution >= 0.6 is 11.8 Å². The molecule has 29 heavy (non-hydrogen) atoms. The fourth-order valence-corrected chi connectivity index (χ4v) is 3.60. The fourth-order valence-electron chi connectivity index (χ4n) is 2.87. The highest BCUT2D eigenvalue weighted by Crippen LogP contribution is 2.29. The standard InChI is InChI=1S/C22H36N2O4S/c1-3-4-5-6-7-14-27-16-10-17-28-15-9-13-20(25)24-19-12-8-11-18(22(23)26)21(19)29-2/h8,11-12H,3-7,9-10,13-17H2,1-2H3,(H2,23,26)(H,24,25). The van der Waals surface area contributed by atoms with Crippen LogP contribution in [0.1, 0.15) is 68.6 Å². The van der Waals surface area contributed by atoms with Crippen LogP contribution in [0, 0.1) is 0 Å². The number of carbonyl (C=O) groups is 2. The summed E-state index contributed by atoms with van der Waals surface area (Å²) in [7, 11) is 0. The zero-order valence-corrected chi connectivity index (χ0v) is 18.7. The predicted octanol–water partition coefficient (Wildman–Crippen LogP) is 4.62. The topological polar surface area (TPSA) is 90.7 Å². The predicted molar refractivity (Wildman–Crippen MR) is 120 cm³/mol. The minimum Gasteiger partial charge on any atom is -0.381 e. The van der Waals surface area contributed by atoms with Crippen LogP contribution in [0.15, 0.2) is 23.1 Å². The van der Waals surface area contributed by atoms with Gasteiger partial charge in [-0.25, -0.2) is 0 Å². The summed E-state index contributed by atoms with van der Waals surface area (Å²) < 4.78 is 11.2. The molecular formula is C22H36N2O4S. The molecule has 164 valence electrons. The van der Waals surface area contributed by atoms with E-state index in [0.717, 1.165) is 26.1 Å². The molecular weight excluding hydrogens is 388 g/mol. The zero-order chi connectivity index (χ0) is 21.3. The van der Waals surface area contributed by atoms with E-state index in [4.69, 9.17) is 15.2 Å². The first-order chi connectivity index (χ1) is 14.1. The molecule has 1 rings (SSSR count). The maximum atomic E-state index is 12.2. The normalized spacial score (nSPS) is 10.8. The van der Waals surface area contributed by atoms with E-state index >= 15 is 0 Å². The first-order valence-corrected chi connectivity index (χ1v) is 11.7. The number of thioether (sulfide) groups is 1. The van der Waals surface area contributed by atoms with Crippen LogP contribution in [0.3, 0.4) is 0 Å². The lowest BCUT2D eigenvalue weighted by molar-refractivity contribution is -0.116. The number of hydrogen-bond acceptors (Lipinski definition) is 5. The molecule has 3 N–H and O–H groups in total. The summed E-state index contributed by atoms with van der Waals surface area (Å²) in [6, 6.07) is 5.15. The molecule has 1 aromatic carbocycles. The maximum absolute atomic E-state index is 12.2. The van der Waals surface area contributed by atoms with E-state index in [0.29, 0.717) is 42.2 Å². The first kappa shape index (κ1) is 25.5.